The number of carbonyl (C=O) groups excluding carboxylic acids is 2. The van der Waals surface area contributed by atoms with Crippen LogP contribution >= 0.6 is 11.8 Å². The van der Waals surface area contributed by atoms with Gasteiger partial charge in [-0.05, 0) is 18.6 Å². The summed E-state index contributed by atoms with van der Waals surface area (Å²) in [6.45, 7) is 2.84. The lowest BCUT2D eigenvalue weighted by Crippen LogP contribution is -2.36. The first kappa shape index (κ1) is 12.2. The fraction of sp³-hybridized carbons (Fsp3) is 0.385. The Bertz CT molecular complexity index is 445. The molecule has 4 heteroatoms. The van der Waals surface area contributed by atoms with Gasteiger partial charge in [-0.2, -0.15) is 0 Å². The summed E-state index contributed by atoms with van der Waals surface area (Å²) in [5.41, 5.74) is 1.52. The Kier molecular flexibility index (Phi) is 3.84. The van der Waals surface area contributed by atoms with Crippen LogP contribution in [0.1, 0.15) is 30.1 Å². The van der Waals surface area contributed by atoms with Crippen LogP contribution in [-0.2, 0) is 4.79 Å². The maximum atomic E-state index is 11.9. The van der Waals surface area contributed by atoms with Gasteiger partial charge in [0.1, 0.15) is 6.29 Å². The van der Waals surface area contributed by atoms with Gasteiger partial charge in [0.05, 0.1) is 11.4 Å². The average molecular weight is 249 g/mol. The fourth-order valence-electron chi connectivity index (χ4n) is 1.85. The van der Waals surface area contributed by atoms with Crippen molar-refractivity contribution in [3.05, 3.63) is 23.8 Å². The summed E-state index contributed by atoms with van der Waals surface area (Å²) in [7, 11) is 0. The minimum Gasteiger partial charge on any atom is -0.311 e. The number of amides is 1. The molecular weight excluding hydrogens is 234 g/mol. The van der Waals surface area contributed by atoms with Crippen molar-refractivity contribution in [1.82, 2.24) is 0 Å². The van der Waals surface area contributed by atoms with Gasteiger partial charge in [0.25, 0.3) is 0 Å². The summed E-state index contributed by atoms with van der Waals surface area (Å²) < 4.78 is 0. The van der Waals surface area contributed by atoms with E-state index in [1.807, 2.05) is 17.0 Å². The predicted octanol–water partition coefficient (Wildman–Crippen LogP) is 2.74. The molecule has 0 bridgehead atoms. The van der Waals surface area contributed by atoms with Crippen molar-refractivity contribution in [3.8, 4) is 0 Å². The maximum absolute atomic E-state index is 11.9. The van der Waals surface area contributed by atoms with E-state index >= 15 is 0 Å². The molecule has 0 saturated heterocycles. The van der Waals surface area contributed by atoms with Crippen LogP contribution in [0.2, 0.25) is 0 Å². The van der Waals surface area contributed by atoms with Crippen molar-refractivity contribution in [1.29, 1.82) is 0 Å². The topological polar surface area (TPSA) is 37.4 Å². The molecule has 0 aliphatic carbocycles. The first-order valence-corrected chi connectivity index (χ1v) is 6.77. The van der Waals surface area contributed by atoms with Gasteiger partial charge in [-0.25, -0.2) is 0 Å². The highest BCUT2D eigenvalue weighted by molar-refractivity contribution is 8.00. The molecule has 1 amide bonds. The van der Waals surface area contributed by atoms with Crippen LogP contribution in [0.15, 0.2) is 23.1 Å². The highest BCUT2D eigenvalue weighted by Crippen LogP contribution is 2.35. The van der Waals surface area contributed by atoms with Gasteiger partial charge < -0.3 is 4.90 Å². The van der Waals surface area contributed by atoms with E-state index in [-0.39, 0.29) is 5.91 Å². The van der Waals surface area contributed by atoms with Crippen LogP contribution in [-0.4, -0.2) is 24.5 Å². The quantitative estimate of drug-likeness (QED) is 0.770. The van der Waals surface area contributed by atoms with Gasteiger partial charge >= 0.3 is 0 Å². The van der Waals surface area contributed by atoms with Crippen molar-refractivity contribution in [2.75, 3.05) is 17.2 Å². The second-order valence-corrected chi connectivity index (χ2v) is 5.05. The zero-order valence-electron chi connectivity index (χ0n) is 9.81. The Morgan fingerprint density at radius 1 is 1.47 bits per heavy atom. The number of rotatable bonds is 4. The summed E-state index contributed by atoms with van der Waals surface area (Å²) >= 11 is 1.55. The van der Waals surface area contributed by atoms with E-state index in [0.717, 1.165) is 36.3 Å². The van der Waals surface area contributed by atoms with Gasteiger partial charge in [-0.15, -0.1) is 11.8 Å². The summed E-state index contributed by atoms with van der Waals surface area (Å²) in [6.07, 6.45) is 2.86. The van der Waals surface area contributed by atoms with E-state index in [2.05, 4.69) is 6.92 Å². The number of unbranched alkanes of at least 4 members (excludes halogenated alkanes) is 1. The Balaban J connectivity index is 2.34. The summed E-state index contributed by atoms with van der Waals surface area (Å²) in [6, 6.07) is 5.53. The van der Waals surface area contributed by atoms with E-state index in [0.29, 0.717) is 11.3 Å². The number of fused-ring (bicyclic) bond motifs is 1. The molecule has 17 heavy (non-hydrogen) atoms. The van der Waals surface area contributed by atoms with Gasteiger partial charge in [0, 0.05) is 17.0 Å². The molecule has 1 aromatic rings. The summed E-state index contributed by atoms with van der Waals surface area (Å²) in [5, 5.41) is 0. The molecular formula is C13H15NO2S. The maximum Gasteiger partial charge on any atom is 0.237 e. The van der Waals surface area contributed by atoms with Crippen LogP contribution in [0, 0.1) is 0 Å². The lowest BCUT2D eigenvalue weighted by Gasteiger charge is -2.29. The molecule has 1 heterocycles. The van der Waals surface area contributed by atoms with E-state index in [1.54, 1.807) is 17.8 Å². The largest absolute Gasteiger partial charge is 0.311 e. The lowest BCUT2D eigenvalue weighted by molar-refractivity contribution is -0.116. The molecule has 1 aliphatic heterocycles. The van der Waals surface area contributed by atoms with Crippen LogP contribution in [0.25, 0.3) is 0 Å². The highest BCUT2D eigenvalue weighted by Gasteiger charge is 2.24. The number of aldehydes is 1. The van der Waals surface area contributed by atoms with Crippen LogP contribution < -0.4 is 4.90 Å². The normalized spacial score (nSPS) is 14.6. The van der Waals surface area contributed by atoms with Crippen LogP contribution in [0.3, 0.4) is 0 Å². The molecule has 3 nitrogen and oxygen atoms in total. The Morgan fingerprint density at radius 2 is 2.29 bits per heavy atom. The number of anilines is 1. The molecule has 0 atom stereocenters. The zero-order valence-corrected chi connectivity index (χ0v) is 10.6. The van der Waals surface area contributed by atoms with Crippen molar-refractivity contribution < 1.29 is 9.59 Å². The molecule has 2 rings (SSSR count). The minimum atomic E-state index is 0.138. The SMILES string of the molecule is CCCCN1C(=O)CSc2ccc(C=O)cc21. The smallest absolute Gasteiger partial charge is 0.237 e. The second kappa shape index (κ2) is 5.36. The highest BCUT2D eigenvalue weighted by atomic mass is 32.2. The first-order valence-electron chi connectivity index (χ1n) is 5.78. The third-order valence-corrected chi connectivity index (χ3v) is 3.84. The Hall–Kier alpha value is -1.29. The monoisotopic (exact) mass is 249 g/mol. The predicted molar refractivity (Wildman–Crippen MR) is 69.8 cm³/mol. The van der Waals surface area contributed by atoms with Gasteiger partial charge in [-0.1, -0.05) is 19.4 Å². The third kappa shape index (κ3) is 2.52. The third-order valence-electron chi connectivity index (χ3n) is 2.80. The summed E-state index contributed by atoms with van der Waals surface area (Å²) in [4.78, 5) is 25.6. The van der Waals surface area contributed by atoms with Crippen molar-refractivity contribution in [2.24, 2.45) is 0 Å². The lowest BCUT2D eigenvalue weighted by atomic mass is 10.2. The number of carbonyl (C=O) groups is 2. The average Bonchev–Trinajstić information content (AvgIpc) is 2.37. The second-order valence-electron chi connectivity index (χ2n) is 4.03. The molecule has 90 valence electrons. The van der Waals surface area contributed by atoms with E-state index in [1.165, 1.54) is 0 Å². The van der Waals surface area contributed by atoms with Gasteiger partial charge in [-0.3, -0.25) is 9.59 Å². The zero-order chi connectivity index (χ0) is 12.3. The van der Waals surface area contributed by atoms with Crippen LogP contribution in [0.4, 0.5) is 5.69 Å². The van der Waals surface area contributed by atoms with E-state index in [9.17, 15) is 9.59 Å². The number of benzene rings is 1. The molecule has 0 unspecified atom stereocenters. The van der Waals surface area contributed by atoms with Gasteiger partial charge in [0.2, 0.25) is 5.91 Å². The number of hydrogen-bond acceptors (Lipinski definition) is 3. The fourth-order valence-corrected chi connectivity index (χ4v) is 2.77. The van der Waals surface area contributed by atoms with Crippen molar-refractivity contribution in [3.63, 3.8) is 0 Å². The van der Waals surface area contributed by atoms with Crippen molar-refractivity contribution >= 4 is 29.6 Å². The molecule has 0 fully saturated rings. The standard InChI is InChI=1S/C13H15NO2S/c1-2-3-6-14-11-7-10(8-15)4-5-12(11)17-9-13(14)16/h4-5,7-8H,2-3,6,9H2,1H3. The molecule has 0 aromatic heterocycles. The first-order chi connectivity index (χ1) is 8.26. The van der Waals surface area contributed by atoms with E-state index in [4.69, 9.17) is 0 Å². The Labute approximate surface area is 105 Å². The van der Waals surface area contributed by atoms with Crippen molar-refractivity contribution in [2.45, 2.75) is 24.7 Å². The Morgan fingerprint density at radius 3 is 3.00 bits per heavy atom. The molecule has 0 spiro atoms. The van der Waals surface area contributed by atoms with Crippen LogP contribution in [0.5, 0.6) is 0 Å². The van der Waals surface area contributed by atoms with E-state index < -0.39 is 0 Å². The number of hydrogen-bond donors (Lipinski definition) is 0. The molecule has 0 radical (unpaired) electrons. The molecule has 0 N–H and O–H groups in total. The number of nitrogens with zero attached hydrogens (tertiary/aromatic N) is 1. The number of thioether (sulfide) groups is 1. The minimum absolute atomic E-state index is 0.138. The summed E-state index contributed by atoms with van der Waals surface area (Å²) in [5.74, 6) is 0.635. The van der Waals surface area contributed by atoms with Gasteiger partial charge in [0.15, 0.2) is 0 Å². The molecule has 1 aliphatic rings. The molecule has 0 saturated carbocycles. The molecule has 1 aromatic carbocycles.